The lowest BCUT2D eigenvalue weighted by molar-refractivity contribution is -0.0324. The molecular weight excluding hydrogens is 320 g/mol. The third kappa shape index (κ3) is 4.39. The van der Waals surface area contributed by atoms with Crippen LogP contribution >= 0.6 is 0 Å². The van der Waals surface area contributed by atoms with E-state index in [-0.39, 0.29) is 17.6 Å². The van der Waals surface area contributed by atoms with Gasteiger partial charge in [-0.05, 0) is 45.9 Å². The first-order valence-electron chi connectivity index (χ1n) is 8.44. The number of carbonyl (C=O) groups excluding carboxylic acids is 1. The summed E-state index contributed by atoms with van der Waals surface area (Å²) in [6, 6.07) is 7.27. The third-order valence-corrected chi connectivity index (χ3v) is 3.83. The van der Waals surface area contributed by atoms with Crippen LogP contribution in [0, 0.1) is 6.92 Å². The van der Waals surface area contributed by atoms with Gasteiger partial charge < -0.3 is 18.8 Å². The maximum atomic E-state index is 12.7. The number of hydrogen-bond acceptors (Lipinski definition) is 5. The summed E-state index contributed by atoms with van der Waals surface area (Å²) in [5.74, 6) is 2.03. The molecule has 0 unspecified atom stereocenters. The van der Waals surface area contributed by atoms with Gasteiger partial charge in [0.15, 0.2) is 0 Å². The highest BCUT2D eigenvalue weighted by Crippen LogP contribution is 2.25. The smallest absolute Gasteiger partial charge is 0.255 e. The summed E-state index contributed by atoms with van der Waals surface area (Å²) in [4.78, 5) is 18.7. The Morgan fingerprint density at radius 3 is 2.68 bits per heavy atom. The average molecular weight is 344 g/mol. The highest BCUT2D eigenvalue weighted by atomic mass is 16.5. The summed E-state index contributed by atoms with van der Waals surface area (Å²) in [7, 11) is 0. The van der Waals surface area contributed by atoms with Gasteiger partial charge in [0.05, 0.1) is 18.7 Å². The van der Waals surface area contributed by atoms with Crippen LogP contribution in [0.4, 0.5) is 0 Å². The molecule has 3 heterocycles. The lowest BCUT2D eigenvalue weighted by atomic mass is 10.2. The number of amides is 1. The highest BCUT2D eigenvalue weighted by Gasteiger charge is 2.28. The molecule has 1 atom stereocenters. The fourth-order valence-corrected chi connectivity index (χ4v) is 2.70. The molecule has 3 rings (SSSR count). The summed E-state index contributed by atoms with van der Waals surface area (Å²) in [5, 5.41) is 0. The van der Waals surface area contributed by atoms with Gasteiger partial charge in [0.25, 0.3) is 5.91 Å². The van der Waals surface area contributed by atoms with E-state index in [1.165, 1.54) is 0 Å². The number of morpholine rings is 1. The molecule has 0 spiro atoms. The summed E-state index contributed by atoms with van der Waals surface area (Å²) in [6.07, 6.45) is 1.33. The predicted octanol–water partition coefficient (Wildman–Crippen LogP) is 3.37. The fraction of sp³-hybridized carbons (Fsp3) is 0.474. The summed E-state index contributed by atoms with van der Waals surface area (Å²) in [6.45, 7) is 9.26. The second kappa shape index (κ2) is 6.88. The fourth-order valence-electron chi connectivity index (χ4n) is 2.70. The molecule has 1 saturated heterocycles. The topological polar surface area (TPSA) is 64.8 Å². The Hall–Kier alpha value is -2.34. The number of hydrogen-bond donors (Lipinski definition) is 0. The van der Waals surface area contributed by atoms with Gasteiger partial charge in [-0.1, -0.05) is 0 Å². The number of ether oxygens (including phenoxy) is 2. The Labute approximate surface area is 147 Å². The van der Waals surface area contributed by atoms with Crippen LogP contribution < -0.4 is 4.74 Å². The van der Waals surface area contributed by atoms with Gasteiger partial charge in [0, 0.05) is 18.8 Å². The maximum absolute atomic E-state index is 12.7. The molecule has 0 saturated carbocycles. The molecular formula is C19H24N2O4. The first-order chi connectivity index (χ1) is 11.8. The van der Waals surface area contributed by atoms with Crippen LogP contribution in [0.2, 0.25) is 0 Å². The number of aryl methyl sites for hydroxylation is 1. The number of rotatable bonds is 3. The van der Waals surface area contributed by atoms with Crippen LogP contribution in [0.1, 0.15) is 48.8 Å². The average Bonchev–Trinajstić information content (AvgIpc) is 3.00. The molecule has 1 fully saturated rings. The Morgan fingerprint density at radius 1 is 1.28 bits per heavy atom. The van der Waals surface area contributed by atoms with E-state index in [9.17, 15) is 4.79 Å². The van der Waals surface area contributed by atoms with Crippen LogP contribution in [0.25, 0.3) is 0 Å². The molecule has 0 N–H and O–H groups in total. The minimum atomic E-state index is -0.322. The molecule has 25 heavy (non-hydrogen) atoms. The van der Waals surface area contributed by atoms with E-state index in [0.29, 0.717) is 31.1 Å². The van der Waals surface area contributed by atoms with Crippen LogP contribution in [-0.2, 0) is 4.74 Å². The van der Waals surface area contributed by atoms with Gasteiger partial charge in [0.1, 0.15) is 23.2 Å². The predicted molar refractivity (Wildman–Crippen MR) is 92.7 cm³/mol. The van der Waals surface area contributed by atoms with Crippen molar-refractivity contribution in [1.82, 2.24) is 9.88 Å². The first-order valence-corrected chi connectivity index (χ1v) is 8.44. The van der Waals surface area contributed by atoms with Crippen molar-refractivity contribution in [3.05, 3.63) is 47.5 Å². The first kappa shape index (κ1) is 17.5. The molecule has 0 aliphatic carbocycles. The van der Waals surface area contributed by atoms with Crippen molar-refractivity contribution in [1.29, 1.82) is 0 Å². The molecule has 0 radical (unpaired) electrons. The Morgan fingerprint density at radius 2 is 2.08 bits per heavy atom. The number of nitrogens with zero attached hydrogens (tertiary/aromatic N) is 2. The second-order valence-corrected chi connectivity index (χ2v) is 7.16. The van der Waals surface area contributed by atoms with Gasteiger partial charge in [-0.25, -0.2) is 4.98 Å². The lowest BCUT2D eigenvalue weighted by Crippen LogP contribution is -2.42. The molecule has 6 nitrogen and oxygen atoms in total. The van der Waals surface area contributed by atoms with E-state index in [4.69, 9.17) is 13.9 Å². The van der Waals surface area contributed by atoms with Gasteiger partial charge >= 0.3 is 0 Å². The van der Waals surface area contributed by atoms with E-state index in [1.807, 2.05) is 39.8 Å². The number of furan rings is 1. The quantitative estimate of drug-likeness (QED) is 0.854. The molecule has 0 aromatic carbocycles. The Kier molecular flexibility index (Phi) is 4.81. The van der Waals surface area contributed by atoms with Gasteiger partial charge in [0.2, 0.25) is 5.88 Å². The minimum Gasteiger partial charge on any atom is -0.472 e. The number of pyridine rings is 1. The van der Waals surface area contributed by atoms with E-state index in [1.54, 1.807) is 23.2 Å². The largest absolute Gasteiger partial charge is 0.472 e. The van der Waals surface area contributed by atoms with Crippen LogP contribution in [0.15, 0.2) is 34.9 Å². The van der Waals surface area contributed by atoms with E-state index >= 15 is 0 Å². The monoisotopic (exact) mass is 344 g/mol. The third-order valence-electron chi connectivity index (χ3n) is 3.83. The van der Waals surface area contributed by atoms with Crippen molar-refractivity contribution in [2.75, 3.05) is 19.7 Å². The van der Waals surface area contributed by atoms with E-state index < -0.39 is 0 Å². The zero-order valence-corrected chi connectivity index (χ0v) is 15.1. The summed E-state index contributed by atoms with van der Waals surface area (Å²) >= 11 is 0. The molecule has 2 aromatic heterocycles. The van der Waals surface area contributed by atoms with Crippen LogP contribution in [0.5, 0.6) is 5.88 Å². The van der Waals surface area contributed by atoms with Gasteiger partial charge in [-0.3, -0.25) is 4.79 Å². The lowest BCUT2D eigenvalue weighted by Gasteiger charge is -2.32. The molecule has 0 bridgehead atoms. The van der Waals surface area contributed by atoms with Crippen LogP contribution in [-0.4, -0.2) is 41.1 Å². The SMILES string of the molecule is Cc1ccc([C@H]2CN(C(=O)c3ccc(OC(C)(C)C)nc3)CCO2)o1. The van der Waals surface area contributed by atoms with Crippen molar-refractivity contribution in [2.24, 2.45) is 0 Å². The summed E-state index contributed by atoms with van der Waals surface area (Å²) < 4.78 is 17.1. The molecule has 2 aromatic rings. The van der Waals surface area contributed by atoms with E-state index in [0.717, 1.165) is 11.5 Å². The van der Waals surface area contributed by atoms with Crippen molar-refractivity contribution in [3.8, 4) is 5.88 Å². The van der Waals surface area contributed by atoms with Gasteiger partial charge in [-0.2, -0.15) is 0 Å². The maximum Gasteiger partial charge on any atom is 0.255 e. The highest BCUT2D eigenvalue weighted by molar-refractivity contribution is 5.94. The minimum absolute atomic E-state index is 0.0635. The zero-order chi connectivity index (χ0) is 18.0. The number of aromatic nitrogens is 1. The van der Waals surface area contributed by atoms with Crippen molar-refractivity contribution < 1.29 is 18.7 Å². The van der Waals surface area contributed by atoms with Crippen molar-refractivity contribution >= 4 is 5.91 Å². The molecule has 1 aliphatic rings. The zero-order valence-electron chi connectivity index (χ0n) is 15.1. The molecule has 134 valence electrons. The summed E-state index contributed by atoms with van der Waals surface area (Å²) in [5.41, 5.74) is 0.217. The molecule has 1 aliphatic heterocycles. The van der Waals surface area contributed by atoms with Crippen LogP contribution in [0.3, 0.4) is 0 Å². The van der Waals surface area contributed by atoms with E-state index in [2.05, 4.69) is 4.98 Å². The molecule has 1 amide bonds. The standard InChI is InChI=1S/C19H24N2O4/c1-13-5-7-15(24-13)16-12-21(9-10-23-16)18(22)14-6-8-17(20-11-14)25-19(2,3)4/h5-8,11,16H,9-10,12H2,1-4H3/t16-/m1/s1. The van der Waals surface area contributed by atoms with Crippen molar-refractivity contribution in [2.45, 2.75) is 39.4 Å². The number of carbonyl (C=O) groups is 1. The van der Waals surface area contributed by atoms with Crippen molar-refractivity contribution in [3.63, 3.8) is 0 Å². The van der Waals surface area contributed by atoms with Gasteiger partial charge in [-0.15, -0.1) is 0 Å². The molecule has 6 heteroatoms. The Bertz CT molecular complexity index is 731. The second-order valence-electron chi connectivity index (χ2n) is 7.16. The Balaban J connectivity index is 1.67. The normalized spacial score (nSPS) is 18.2.